The minimum absolute atomic E-state index is 0.0650. The number of amides is 2. The molecule has 0 aliphatic carbocycles. The standard InChI is InChI=1S/C18H21F3N2O6/c1-17(2)15(25)14(23-7-6-22(9-13(23)24)16(26)27-3)11-8-10(28-18(19,20)21)4-5-12(11)29-17/h4-5,8,14-15,25H,6-7,9H2,1-3H3/t14-,15+/m1/s1. The molecule has 3 rings (SSSR count). The van der Waals surface area contributed by atoms with Crippen LogP contribution in [0.4, 0.5) is 18.0 Å². The number of aliphatic hydroxyl groups excluding tert-OH is 1. The van der Waals surface area contributed by atoms with Crippen LogP contribution in [-0.2, 0) is 9.53 Å². The Labute approximate surface area is 164 Å². The lowest BCUT2D eigenvalue weighted by atomic mass is 9.85. The third-order valence-electron chi connectivity index (χ3n) is 4.94. The van der Waals surface area contributed by atoms with Crippen LogP contribution in [0.2, 0.25) is 0 Å². The van der Waals surface area contributed by atoms with Crippen LogP contribution in [0, 0.1) is 0 Å². The van der Waals surface area contributed by atoms with Gasteiger partial charge in [-0.15, -0.1) is 13.2 Å². The van der Waals surface area contributed by atoms with E-state index in [0.29, 0.717) is 0 Å². The number of nitrogens with zero attached hydrogens (tertiary/aromatic N) is 2. The van der Waals surface area contributed by atoms with E-state index in [0.717, 1.165) is 12.1 Å². The molecular weight excluding hydrogens is 397 g/mol. The predicted octanol–water partition coefficient (Wildman–Crippen LogP) is 2.07. The number of fused-ring (bicyclic) bond motifs is 1. The van der Waals surface area contributed by atoms with E-state index in [2.05, 4.69) is 9.47 Å². The molecule has 1 saturated heterocycles. The van der Waals surface area contributed by atoms with Gasteiger partial charge in [-0.3, -0.25) is 9.69 Å². The number of hydrogen-bond acceptors (Lipinski definition) is 6. The Kier molecular flexibility index (Phi) is 5.28. The van der Waals surface area contributed by atoms with Crippen molar-refractivity contribution >= 4 is 12.0 Å². The van der Waals surface area contributed by atoms with Crippen LogP contribution in [0.25, 0.3) is 0 Å². The van der Waals surface area contributed by atoms with Gasteiger partial charge in [-0.2, -0.15) is 0 Å². The van der Waals surface area contributed by atoms with E-state index < -0.39 is 41.9 Å². The van der Waals surface area contributed by atoms with Gasteiger partial charge in [-0.05, 0) is 32.0 Å². The van der Waals surface area contributed by atoms with Gasteiger partial charge in [0.15, 0.2) is 0 Å². The summed E-state index contributed by atoms with van der Waals surface area (Å²) in [7, 11) is 1.20. The number of alkyl halides is 3. The lowest BCUT2D eigenvalue weighted by Gasteiger charge is -2.48. The third kappa shape index (κ3) is 4.19. The summed E-state index contributed by atoms with van der Waals surface area (Å²) < 4.78 is 52.2. The third-order valence-corrected chi connectivity index (χ3v) is 4.94. The van der Waals surface area contributed by atoms with Gasteiger partial charge in [0.1, 0.15) is 29.7 Å². The van der Waals surface area contributed by atoms with E-state index >= 15 is 0 Å². The van der Waals surface area contributed by atoms with Crippen LogP contribution < -0.4 is 9.47 Å². The summed E-state index contributed by atoms with van der Waals surface area (Å²) in [5.74, 6) is -0.725. The van der Waals surface area contributed by atoms with Gasteiger partial charge in [0.05, 0.1) is 13.2 Å². The molecule has 2 heterocycles. The number of hydrogen-bond donors (Lipinski definition) is 1. The quantitative estimate of drug-likeness (QED) is 0.791. The van der Waals surface area contributed by atoms with Gasteiger partial charge >= 0.3 is 12.5 Å². The number of ether oxygens (including phenoxy) is 3. The van der Waals surface area contributed by atoms with Gasteiger partial charge in [0.25, 0.3) is 0 Å². The second-order valence-corrected chi connectivity index (χ2v) is 7.32. The SMILES string of the molecule is COC(=O)N1CCN([C@@H]2c3cc(OC(F)(F)F)ccc3OC(C)(C)[C@H]2O)C(=O)C1. The van der Waals surface area contributed by atoms with E-state index in [4.69, 9.17) is 4.74 Å². The Balaban J connectivity index is 1.96. The molecule has 8 nitrogen and oxygen atoms in total. The van der Waals surface area contributed by atoms with Crippen LogP contribution >= 0.6 is 0 Å². The minimum atomic E-state index is -4.89. The molecule has 0 aromatic heterocycles. The van der Waals surface area contributed by atoms with Crippen LogP contribution in [0.5, 0.6) is 11.5 Å². The maximum Gasteiger partial charge on any atom is 0.573 e. The van der Waals surface area contributed by atoms with Crippen molar-refractivity contribution in [3.8, 4) is 11.5 Å². The summed E-state index contributed by atoms with van der Waals surface area (Å²) >= 11 is 0. The summed E-state index contributed by atoms with van der Waals surface area (Å²) in [6, 6.07) is 2.55. The van der Waals surface area contributed by atoms with E-state index in [1.54, 1.807) is 13.8 Å². The van der Waals surface area contributed by atoms with Crippen molar-refractivity contribution in [1.82, 2.24) is 9.80 Å². The Morgan fingerprint density at radius 1 is 1.31 bits per heavy atom. The highest BCUT2D eigenvalue weighted by Crippen LogP contribution is 2.45. The molecule has 1 N–H and O–H groups in total. The maximum absolute atomic E-state index is 12.7. The van der Waals surface area contributed by atoms with Crippen molar-refractivity contribution in [3.63, 3.8) is 0 Å². The van der Waals surface area contributed by atoms with Crippen molar-refractivity contribution in [3.05, 3.63) is 23.8 Å². The molecule has 1 fully saturated rings. The highest BCUT2D eigenvalue weighted by molar-refractivity contribution is 5.84. The van der Waals surface area contributed by atoms with E-state index in [1.807, 2.05) is 0 Å². The van der Waals surface area contributed by atoms with Crippen LogP contribution in [0.1, 0.15) is 25.5 Å². The molecule has 11 heteroatoms. The molecule has 0 bridgehead atoms. The fourth-order valence-corrected chi connectivity index (χ4v) is 3.55. The maximum atomic E-state index is 12.7. The summed E-state index contributed by atoms with van der Waals surface area (Å²) in [5, 5.41) is 10.9. The van der Waals surface area contributed by atoms with Gasteiger partial charge < -0.3 is 24.2 Å². The topological polar surface area (TPSA) is 88.5 Å². The first-order valence-corrected chi connectivity index (χ1v) is 8.82. The first-order valence-electron chi connectivity index (χ1n) is 8.82. The average molecular weight is 418 g/mol. The molecule has 1 aromatic carbocycles. The van der Waals surface area contributed by atoms with Crippen molar-refractivity contribution in [2.45, 2.75) is 38.0 Å². The number of benzene rings is 1. The first kappa shape index (κ1) is 21.0. The lowest BCUT2D eigenvalue weighted by Crippen LogP contribution is -2.59. The second kappa shape index (κ2) is 7.29. The van der Waals surface area contributed by atoms with Gasteiger partial charge in [0.2, 0.25) is 5.91 Å². The second-order valence-electron chi connectivity index (χ2n) is 7.32. The van der Waals surface area contributed by atoms with Crippen LogP contribution in [-0.4, -0.2) is 71.7 Å². The summed E-state index contributed by atoms with van der Waals surface area (Å²) in [5.41, 5.74) is -0.914. The number of aliphatic hydroxyl groups is 1. The fourth-order valence-electron chi connectivity index (χ4n) is 3.55. The minimum Gasteiger partial charge on any atom is -0.485 e. The summed E-state index contributed by atoms with van der Waals surface area (Å²) in [6.45, 7) is 3.17. The largest absolute Gasteiger partial charge is 0.573 e. The highest BCUT2D eigenvalue weighted by Gasteiger charge is 2.48. The van der Waals surface area contributed by atoms with Crippen molar-refractivity contribution < 1.29 is 42.1 Å². The molecule has 29 heavy (non-hydrogen) atoms. The Morgan fingerprint density at radius 2 is 2.00 bits per heavy atom. The molecule has 2 aliphatic rings. The molecule has 2 aliphatic heterocycles. The van der Waals surface area contributed by atoms with Crippen molar-refractivity contribution in [2.75, 3.05) is 26.7 Å². The summed E-state index contributed by atoms with van der Waals surface area (Å²) in [4.78, 5) is 26.9. The van der Waals surface area contributed by atoms with Gasteiger partial charge in [0, 0.05) is 18.7 Å². The molecule has 0 unspecified atom stereocenters. The van der Waals surface area contributed by atoms with Crippen molar-refractivity contribution in [2.24, 2.45) is 0 Å². The number of carbonyl (C=O) groups is 2. The van der Waals surface area contributed by atoms with Gasteiger partial charge in [-0.1, -0.05) is 0 Å². The van der Waals surface area contributed by atoms with E-state index in [1.165, 1.54) is 23.0 Å². The van der Waals surface area contributed by atoms with Crippen molar-refractivity contribution in [1.29, 1.82) is 0 Å². The average Bonchev–Trinajstić information content (AvgIpc) is 2.62. The van der Waals surface area contributed by atoms with Crippen LogP contribution in [0.15, 0.2) is 18.2 Å². The molecule has 1 aromatic rings. The Morgan fingerprint density at radius 3 is 2.59 bits per heavy atom. The molecule has 2 amide bonds. The lowest BCUT2D eigenvalue weighted by molar-refractivity contribution is -0.274. The number of rotatable bonds is 2. The van der Waals surface area contributed by atoms with Gasteiger partial charge in [-0.25, -0.2) is 4.79 Å². The zero-order valence-corrected chi connectivity index (χ0v) is 16.0. The number of halogens is 3. The fraction of sp³-hybridized carbons (Fsp3) is 0.556. The molecular formula is C18H21F3N2O6. The number of carbonyl (C=O) groups excluding carboxylic acids is 2. The number of piperazine rings is 1. The molecule has 0 spiro atoms. The predicted molar refractivity (Wildman–Crippen MR) is 92.3 cm³/mol. The monoisotopic (exact) mass is 418 g/mol. The van der Waals surface area contributed by atoms with Crippen LogP contribution in [0.3, 0.4) is 0 Å². The Hall–Kier alpha value is -2.69. The number of methoxy groups -OCH3 is 1. The smallest absolute Gasteiger partial charge is 0.485 e. The molecule has 2 atom stereocenters. The zero-order valence-electron chi connectivity index (χ0n) is 16.0. The molecule has 0 saturated carbocycles. The normalized spacial score (nSPS) is 23.9. The first-order chi connectivity index (χ1) is 13.4. The van der Waals surface area contributed by atoms with E-state index in [-0.39, 0.29) is 30.9 Å². The summed E-state index contributed by atoms with van der Waals surface area (Å²) in [6.07, 6.45) is -6.78. The Bertz CT molecular complexity index is 813. The molecule has 0 radical (unpaired) electrons. The van der Waals surface area contributed by atoms with E-state index in [9.17, 15) is 27.9 Å². The zero-order chi connectivity index (χ0) is 21.6. The molecule has 160 valence electrons. The highest BCUT2D eigenvalue weighted by atomic mass is 19.4.